The number of methoxy groups -OCH3 is 1. The number of nitrogens with zero attached hydrogens (tertiary/aromatic N) is 2. The summed E-state index contributed by atoms with van der Waals surface area (Å²) < 4.78 is 5.86. The largest absolute Gasteiger partial charge is 0.454 e. The number of fused-ring (bicyclic) bond motifs is 3. The minimum Gasteiger partial charge on any atom is -0.427 e. The molecule has 6 atom stereocenters. The molecule has 5 unspecified atom stereocenters. The quantitative estimate of drug-likeness (QED) is 0.115. The van der Waals surface area contributed by atoms with Crippen LogP contribution >= 0.6 is 11.6 Å². The number of carbonyl (C=O) groups excluding carboxylic acids is 2. The summed E-state index contributed by atoms with van der Waals surface area (Å²) >= 11 is 6.50. The zero-order valence-corrected chi connectivity index (χ0v) is 27.3. The maximum atomic E-state index is 13.3. The summed E-state index contributed by atoms with van der Waals surface area (Å²) in [5.41, 5.74) is 8.21. The molecule has 13 heteroatoms. The van der Waals surface area contributed by atoms with Crippen LogP contribution in [0, 0.1) is 17.8 Å². The van der Waals surface area contributed by atoms with Gasteiger partial charge in [0.15, 0.2) is 0 Å². The third-order valence-electron chi connectivity index (χ3n) is 11.0. The molecule has 3 saturated carbocycles. The van der Waals surface area contributed by atoms with Crippen LogP contribution in [0.3, 0.4) is 0 Å². The van der Waals surface area contributed by atoms with Crippen molar-refractivity contribution in [3.63, 3.8) is 0 Å². The zero-order chi connectivity index (χ0) is 31.2. The first kappa shape index (κ1) is 34.1. The van der Waals surface area contributed by atoms with Crippen LogP contribution in [0.25, 0.3) is 0 Å². The molecule has 0 bridgehead atoms. The van der Waals surface area contributed by atoms with E-state index in [4.69, 9.17) is 21.3 Å². The van der Waals surface area contributed by atoms with Crippen molar-refractivity contribution in [1.29, 1.82) is 0 Å². The maximum absolute atomic E-state index is 13.3. The van der Waals surface area contributed by atoms with Crippen LogP contribution in [0.1, 0.15) is 96.8 Å². The molecule has 6 N–H and O–H groups in total. The van der Waals surface area contributed by atoms with Gasteiger partial charge >= 0.3 is 7.12 Å². The van der Waals surface area contributed by atoms with Crippen LogP contribution in [0.2, 0.25) is 5.82 Å². The van der Waals surface area contributed by atoms with Gasteiger partial charge in [0, 0.05) is 49.2 Å². The molecule has 2 aliphatic heterocycles. The number of amides is 2. The van der Waals surface area contributed by atoms with Gasteiger partial charge in [0.05, 0.1) is 30.9 Å². The highest BCUT2D eigenvalue weighted by Crippen LogP contribution is 2.42. The molecule has 0 aromatic heterocycles. The van der Waals surface area contributed by atoms with E-state index in [1.165, 1.54) is 5.71 Å². The Morgan fingerprint density at radius 1 is 1.00 bits per heavy atom. The fourth-order valence-electron chi connectivity index (χ4n) is 8.44. The zero-order valence-electron chi connectivity index (χ0n) is 26.6. The summed E-state index contributed by atoms with van der Waals surface area (Å²) in [6.07, 6.45) is 12.2. The Morgan fingerprint density at radius 3 is 2.39 bits per heavy atom. The molecule has 2 heterocycles. The Balaban J connectivity index is 1.14. The van der Waals surface area contributed by atoms with Gasteiger partial charge in [-0.25, -0.2) is 10.9 Å². The summed E-state index contributed by atoms with van der Waals surface area (Å²) in [6, 6.07) is 0.167. The molecule has 44 heavy (non-hydrogen) atoms. The van der Waals surface area contributed by atoms with Gasteiger partial charge in [-0.1, -0.05) is 12.8 Å². The van der Waals surface area contributed by atoms with E-state index in [1.807, 2.05) is 7.11 Å². The molecule has 248 valence electrons. The predicted molar refractivity (Wildman–Crippen MR) is 172 cm³/mol. The number of carbonyl (C=O) groups is 2. The average Bonchev–Trinajstić information content (AvgIpc) is 3.35. The number of hydrazine groups is 1. The molecule has 3 aliphatic carbocycles. The van der Waals surface area contributed by atoms with E-state index in [2.05, 4.69) is 33.3 Å². The van der Waals surface area contributed by atoms with E-state index in [0.717, 1.165) is 57.8 Å². The Morgan fingerprint density at radius 2 is 1.70 bits per heavy atom. The van der Waals surface area contributed by atoms with E-state index in [9.17, 15) is 19.6 Å². The lowest BCUT2D eigenvalue weighted by Crippen LogP contribution is -2.55. The molecule has 0 aromatic carbocycles. The highest BCUT2D eigenvalue weighted by molar-refractivity contribution is 6.43. The first-order valence-electron chi connectivity index (χ1n) is 17.2. The first-order valence-corrected chi connectivity index (χ1v) is 17.6. The number of hydrogen-bond donors (Lipinski definition) is 6. The number of aliphatic imine (C=N–C) groups is 1. The van der Waals surface area contributed by atoms with Crippen molar-refractivity contribution in [1.82, 2.24) is 26.4 Å². The number of alkyl halides is 1. The Labute approximate surface area is 268 Å². The summed E-state index contributed by atoms with van der Waals surface area (Å²) in [5, 5.41) is 25.1. The highest BCUT2D eigenvalue weighted by Gasteiger charge is 2.50. The van der Waals surface area contributed by atoms with Crippen LogP contribution in [0.5, 0.6) is 0 Å². The number of rotatable bonds is 11. The van der Waals surface area contributed by atoms with E-state index in [0.29, 0.717) is 63.1 Å². The fraction of sp³-hybridized carbons (Fsp3) is 0.903. The van der Waals surface area contributed by atoms with Crippen molar-refractivity contribution in [3.05, 3.63) is 0 Å². The molecule has 11 nitrogen and oxygen atoms in total. The van der Waals surface area contributed by atoms with Gasteiger partial charge in [-0.15, -0.1) is 11.6 Å². The van der Waals surface area contributed by atoms with Crippen LogP contribution in [0.4, 0.5) is 0 Å². The van der Waals surface area contributed by atoms with Gasteiger partial charge in [-0.2, -0.15) is 0 Å². The SMILES string of the molecule is COC1CCC2C(C1)C(C1CCC(Cl)CC1)=N[C@@H](CC(=O)NCCCCNC(=O)C1CCC(B(O)O)CC1)C1NNC(C)N21. The Bertz CT molecular complexity index is 993. The number of halogens is 1. The average molecular weight is 637 g/mol. The molecule has 0 radical (unpaired) electrons. The molecule has 0 aromatic rings. The maximum Gasteiger partial charge on any atom is 0.454 e. The molecular weight excluding hydrogens is 583 g/mol. The van der Waals surface area contributed by atoms with Gasteiger partial charge in [0.25, 0.3) is 0 Å². The monoisotopic (exact) mass is 636 g/mol. The topological polar surface area (TPSA) is 148 Å². The molecule has 4 fully saturated rings. The number of hydrogen-bond acceptors (Lipinski definition) is 9. The standard InChI is InChI=1S/C31H54BClN6O5/c1-19-37-38-30-26(18-28(40)34-15-3-4-16-35-31(41)21-5-9-22(10-6-21)32(42)43)36-29(20-7-11-23(33)12-8-20)25-17-24(44-2)13-14-27(25)39(19)30/h19-27,30,37-38,42-43H,3-18H2,1-2H3,(H,34,40)(H,35,41)/t19?,20?,21?,22?,23?,24?,25?,26-,27?,30?/m0/s1. The van der Waals surface area contributed by atoms with E-state index < -0.39 is 7.12 Å². The lowest BCUT2D eigenvalue weighted by Gasteiger charge is -2.44. The van der Waals surface area contributed by atoms with E-state index >= 15 is 0 Å². The van der Waals surface area contributed by atoms with E-state index in [1.54, 1.807) is 0 Å². The van der Waals surface area contributed by atoms with Crippen molar-refractivity contribution in [2.75, 3.05) is 20.2 Å². The smallest absolute Gasteiger partial charge is 0.427 e. The second-order valence-corrected chi connectivity index (χ2v) is 14.5. The summed E-state index contributed by atoms with van der Waals surface area (Å²) in [5.74, 6) is 0.615. The second-order valence-electron chi connectivity index (χ2n) is 13.8. The van der Waals surface area contributed by atoms with Gasteiger partial charge in [-0.05, 0) is 89.3 Å². The van der Waals surface area contributed by atoms with Gasteiger partial charge < -0.3 is 25.4 Å². The van der Waals surface area contributed by atoms with Crippen molar-refractivity contribution in [3.8, 4) is 0 Å². The first-order chi connectivity index (χ1) is 21.2. The predicted octanol–water partition coefficient (Wildman–Crippen LogP) is 2.31. The minimum absolute atomic E-state index is 0.00961. The van der Waals surface area contributed by atoms with Crippen LogP contribution in [-0.4, -0.2) is 95.7 Å². The number of unbranched alkanes of at least 4 members (excludes halogenated alkanes) is 1. The van der Waals surface area contributed by atoms with Crippen molar-refractivity contribution in [2.45, 2.75) is 139 Å². The molecule has 5 rings (SSSR count). The normalized spacial score (nSPS) is 37.7. The Hall–Kier alpha value is -1.28. The van der Waals surface area contributed by atoms with Gasteiger partial charge in [0.2, 0.25) is 11.8 Å². The van der Waals surface area contributed by atoms with Crippen LogP contribution in [-0.2, 0) is 14.3 Å². The highest BCUT2D eigenvalue weighted by atomic mass is 35.5. The minimum atomic E-state index is -1.29. The fourth-order valence-corrected chi connectivity index (χ4v) is 8.69. The van der Waals surface area contributed by atoms with Crippen molar-refractivity contribution < 1.29 is 24.4 Å². The third-order valence-corrected chi connectivity index (χ3v) is 11.4. The molecule has 0 spiro atoms. The lowest BCUT2D eigenvalue weighted by atomic mass is 9.63. The number of ether oxygens (including phenoxy) is 1. The lowest BCUT2D eigenvalue weighted by molar-refractivity contribution is -0.126. The number of nitrogens with one attached hydrogen (secondary N) is 4. The molecule has 2 amide bonds. The van der Waals surface area contributed by atoms with Crippen molar-refractivity contribution in [2.24, 2.45) is 22.7 Å². The molecular formula is C31H54BClN6O5. The van der Waals surface area contributed by atoms with Gasteiger partial charge in [0.1, 0.15) is 0 Å². The summed E-state index contributed by atoms with van der Waals surface area (Å²) in [6.45, 7) is 3.33. The van der Waals surface area contributed by atoms with Crippen LogP contribution in [0.15, 0.2) is 4.99 Å². The Kier molecular flexibility index (Phi) is 12.4. The molecule has 5 aliphatic rings. The van der Waals surface area contributed by atoms with Gasteiger partial charge in [-0.3, -0.25) is 19.5 Å². The summed E-state index contributed by atoms with van der Waals surface area (Å²) in [7, 11) is 0.531. The van der Waals surface area contributed by atoms with Crippen LogP contribution < -0.4 is 21.5 Å². The molecule has 1 saturated heterocycles. The summed E-state index contributed by atoms with van der Waals surface area (Å²) in [4.78, 5) is 33.8. The van der Waals surface area contributed by atoms with Crippen molar-refractivity contribution >= 4 is 36.2 Å². The van der Waals surface area contributed by atoms with E-state index in [-0.39, 0.29) is 53.4 Å². The third kappa shape index (κ3) is 8.35. The second kappa shape index (κ2) is 16.0.